The van der Waals surface area contributed by atoms with E-state index in [4.69, 9.17) is 20.8 Å². The molecule has 0 amide bonds. The zero-order valence-corrected chi connectivity index (χ0v) is 19.5. The highest BCUT2D eigenvalue weighted by molar-refractivity contribution is 7.80. The van der Waals surface area contributed by atoms with Gasteiger partial charge < -0.3 is 31.4 Å². The summed E-state index contributed by atoms with van der Waals surface area (Å²) in [4.78, 5) is 11.2. The first-order chi connectivity index (χ1) is 15.7. The van der Waals surface area contributed by atoms with Crippen molar-refractivity contribution in [3.05, 3.63) is 79.4 Å². The van der Waals surface area contributed by atoms with Crippen molar-refractivity contribution in [2.75, 3.05) is 19.7 Å². The SMILES string of the molecule is C=C(N)NCCCNC(=C)N.O=C(O)COS(=O)c1ccc(OS(=O)c2ccccc2)cc1. The first kappa shape index (κ1) is 27.7. The minimum absolute atomic E-state index is 0.291. The molecule has 0 aliphatic heterocycles. The van der Waals surface area contributed by atoms with Gasteiger partial charge in [0.15, 0.2) is 17.7 Å². The van der Waals surface area contributed by atoms with E-state index in [0.717, 1.165) is 19.5 Å². The van der Waals surface area contributed by atoms with Crippen LogP contribution in [0, 0.1) is 0 Å². The zero-order valence-electron chi connectivity index (χ0n) is 17.9. The molecule has 2 atom stereocenters. The van der Waals surface area contributed by atoms with E-state index in [0.29, 0.717) is 27.2 Å². The van der Waals surface area contributed by atoms with Crippen LogP contribution in [0.25, 0.3) is 0 Å². The molecule has 2 aromatic carbocycles. The summed E-state index contributed by atoms with van der Waals surface area (Å²) in [6, 6.07) is 14.5. The number of rotatable bonds is 13. The van der Waals surface area contributed by atoms with Crippen molar-refractivity contribution in [2.24, 2.45) is 11.5 Å². The largest absolute Gasteiger partial charge is 0.479 e. The Labute approximate surface area is 198 Å². The van der Waals surface area contributed by atoms with E-state index in [1.165, 1.54) is 24.3 Å². The minimum Gasteiger partial charge on any atom is -0.479 e. The van der Waals surface area contributed by atoms with Crippen LogP contribution in [0.1, 0.15) is 6.42 Å². The fraction of sp³-hybridized carbons (Fsp3) is 0.190. The second kappa shape index (κ2) is 15.5. The normalized spacial score (nSPS) is 11.8. The molecule has 0 aliphatic rings. The van der Waals surface area contributed by atoms with Gasteiger partial charge in [0.05, 0.1) is 21.4 Å². The second-order valence-electron chi connectivity index (χ2n) is 6.25. The molecular formula is C21H28N4O6S2. The highest BCUT2D eigenvalue weighted by Gasteiger charge is 2.09. The number of aliphatic carboxylic acids is 1. The molecule has 0 spiro atoms. The van der Waals surface area contributed by atoms with Gasteiger partial charge in [0.2, 0.25) is 11.1 Å². The van der Waals surface area contributed by atoms with Crippen molar-refractivity contribution in [3.8, 4) is 5.75 Å². The molecule has 10 nitrogen and oxygen atoms in total. The van der Waals surface area contributed by atoms with Crippen LogP contribution < -0.4 is 26.3 Å². The summed E-state index contributed by atoms with van der Waals surface area (Å²) in [6.45, 7) is 7.94. The van der Waals surface area contributed by atoms with Crippen LogP contribution in [0.5, 0.6) is 5.75 Å². The molecular weight excluding hydrogens is 468 g/mol. The van der Waals surface area contributed by atoms with E-state index in [1.54, 1.807) is 24.3 Å². The summed E-state index contributed by atoms with van der Waals surface area (Å²) in [7, 11) is 0. The monoisotopic (exact) mass is 496 g/mol. The summed E-state index contributed by atoms with van der Waals surface area (Å²) < 4.78 is 33.5. The molecule has 0 bridgehead atoms. The van der Waals surface area contributed by atoms with Crippen LogP contribution >= 0.6 is 0 Å². The van der Waals surface area contributed by atoms with E-state index in [-0.39, 0.29) is 0 Å². The molecule has 0 saturated heterocycles. The summed E-state index contributed by atoms with van der Waals surface area (Å²) >= 11 is -3.52. The standard InChI is InChI=1S/C14H12O6S2.C7H16N4/c15-14(16)10-19-21(17)13-8-6-11(7-9-13)20-22(18)12-4-2-1-3-5-12;1-6(8)10-4-3-5-11-7(2)9/h1-9H,10H2,(H,15,16);10-11H,1-5,8-9H2. The summed E-state index contributed by atoms with van der Waals surface area (Å²) in [5, 5.41) is 14.2. The lowest BCUT2D eigenvalue weighted by atomic mass is 10.3. The van der Waals surface area contributed by atoms with Gasteiger partial charge in [-0.3, -0.25) is 4.18 Å². The van der Waals surface area contributed by atoms with E-state index >= 15 is 0 Å². The quantitative estimate of drug-likeness (QED) is 0.255. The highest BCUT2D eigenvalue weighted by Crippen LogP contribution is 2.18. The fourth-order valence-electron chi connectivity index (χ4n) is 2.03. The molecule has 0 saturated carbocycles. The molecule has 0 fully saturated rings. The van der Waals surface area contributed by atoms with E-state index in [2.05, 4.69) is 28.0 Å². The molecule has 33 heavy (non-hydrogen) atoms. The molecule has 2 unspecified atom stereocenters. The molecule has 7 N–H and O–H groups in total. The Kier molecular flexibility index (Phi) is 13.0. The molecule has 0 aromatic heterocycles. The number of carboxylic acids is 1. The summed E-state index contributed by atoms with van der Waals surface area (Å²) in [5.41, 5.74) is 10.5. The Morgan fingerprint density at radius 2 is 1.39 bits per heavy atom. The molecule has 0 aliphatic carbocycles. The van der Waals surface area contributed by atoms with Crippen molar-refractivity contribution in [2.45, 2.75) is 16.2 Å². The first-order valence-electron chi connectivity index (χ1n) is 9.57. The fourth-order valence-corrected chi connectivity index (χ4v) is 3.50. The smallest absolute Gasteiger partial charge is 0.331 e. The van der Waals surface area contributed by atoms with Crippen LogP contribution in [0.4, 0.5) is 0 Å². The maximum Gasteiger partial charge on any atom is 0.331 e. The van der Waals surface area contributed by atoms with Gasteiger partial charge in [0, 0.05) is 13.1 Å². The molecule has 2 rings (SSSR count). The van der Waals surface area contributed by atoms with E-state index in [9.17, 15) is 13.2 Å². The third-order valence-corrected chi connectivity index (χ3v) is 5.46. The Bertz CT molecular complexity index is 939. The number of hydrogen-bond acceptors (Lipinski definition) is 9. The first-order valence-corrected chi connectivity index (χ1v) is 11.7. The number of carbonyl (C=O) groups is 1. The van der Waals surface area contributed by atoms with Gasteiger partial charge in [-0.25, -0.2) is 13.2 Å². The topological polar surface area (TPSA) is 166 Å². The molecule has 0 heterocycles. The average Bonchev–Trinajstić information content (AvgIpc) is 2.78. The number of nitrogens with one attached hydrogen (secondary N) is 2. The number of benzene rings is 2. The molecule has 180 valence electrons. The lowest BCUT2D eigenvalue weighted by Gasteiger charge is -2.06. The van der Waals surface area contributed by atoms with Crippen LogP contribution in [0.15, 0.2) is 89.2 Å². The summed E-state index contributed by atoms with van der Waals surface area (Å²) in [6.07, 6.45) is 0.937. The lowest BCUT2D eigenvalue weighted by molar-refractivity contribution is -0.139. The minimum atomic E-state index is -1.87. The van der Waals surface area contributed by atoms with Gasteiger partial charge in [-0.2, -0.15) is 0 Å². The Hall–Kier alpha value is -3.35. The van der Waals surface area contributed by atoms with Gasteiger partial charge >= 0.3 is 5.97 Å². The lowest BCUT2D eigenvalue weighted by Crippen LogP contribution is -2.25. The van der Waals surface area contributed by atoms with Crippen molar-refractivity contribution in [1.29, 1.82) is 0 Å². The molecule has 2 aromatic rings. The van der Waals surface area contributed by atoms with Gasteiger partial charge in [-0.15, -0.1) is 0 Å². The summed E-state index contributed by atoms with van der Waals surface area (Å²) in [5.74, 6) is 0.126. The Balaban J connectivity index is 0.000000420. The molecule has 12 heteroatoms. The van der Waals surface area contributed by atoms with Gasteiger partial charge in [-0.05, 0) is 42.8 Å². The molecule has 0 radical (unpaired) electrons. The van der Waals surface area contributed by atoms with Crippen molar-refractivity contribution in [3.63, 3.8) is 0 Å². The third kappa shape index (κ3) is 12.9. The number of hydrogen-bond donors (Lipinski definition) is 5. The van der Waals surface area contributed by atoms with Crippen molar-refractivity contribution < 1.29 is 26.7 Å². The van der Waals surface area contributed by atoms with Crippen molar-refractivity contribution in [1.82, 2.24) is 10.6 Å². The predicted molar refractivity (Wildman–Crippen MR) is 127 cm³/mol. The number of carboxylic acid groups (broad SMARTS) is 1. The highest BCUT2D eigenvalue weighted by atomic mass is 32.2. The average molecular weight is 497 g/mol. The van der Waals surface area contributed by atoms with E-state index in [1.807, 2.05) is 6.07 Å². The van der Waals surface area contributed by atoms with Crippen LogP contribution in [0.2, 0.25) is 0 Å². The third-order valence-electron chi connectivity index (χ3n) is 3.47. The zero-order chi connectivity index (χ0) is 24.6. The van der Waals surface area contributed by atoms with Crippen LogP contribution in [-0.2, 0) is 31.1 Å². The maximum atomic E-state index is 11.9. The van der Waals surface area contributed by atoms with Crippen molar-refractivity contribution >= 4 is 28.1 Å². The van der Waals surface area contributed by atoms with Gasteiger partial charge in [0.25, 0.3) is 0 Å². The Morgan fingerprint density at radius 1 is 0.879 bits per heavy atom. The second-order valence-corrected chi connectivity index (χ2v) is 8.53. The van der Waals surface area contributed by atoms with Crippen LogP contribution in [0.3, 0.4) is 0 Å². The van der Waals surface area contributed by atoms with E-state index < -0.39 is 34.7 Å². The number of nitrogens with two attached hydrogens (primary N) is 2. The van der Waals surface area contributed by atoms with Gasteiger partial charge in [-0.1, -0.05) is 31.4 Å². The van der Waals surface area contributed by atoms with Gasteiger partial charge in [0.1, 0.15) is 5.75 Å². The Morgan fingerprint density at radius 3 is 1.88 bits per heavy atom. The van der Waals surface area contributed by atoms with Crippen LogP contribution in [-0.4, -0.2) is 39.2 Å². The maximum absolute atomic E-state index is 11.9. The predicted octanol–water partition coefficient (Wildman–Crippen LogP) is 1.33.